The van der Waals surface area contributed by atoms with Gasteiger partial charge in [0, 0.05) is 18.7 Å². The number of aromatic nitrogens is 1. The molecule has 1 aromatic heterocycles. The van der Waals surface area contributed by atoms with E-state index in [9.17, 15) is 9.59 Å². The Morgan fingerprint density at radius 3 is 2.94 bits per heavy atom. The van der Waals surface area contributed by atoms with Crippen LogP contribution >= 0.6 is 0 Å². The maximum atomic E-state index is 11.5. The van der Waals surface area contributed by atoms with E-state index in [-0.39, 0.29) is 17.3 Å². The smallest absolute Gasteiger partial charge is 0.265 e. The second kappa shape index (κ2) is 3.79. The summed E-state index contributed by atoms with van der Waals surface area (Å²) >= 11 is 0. The molecule has 1 saturated heterocycles. The number of amides is 1. The van der Waals surface area contributed by atoms with Crippen molar-refractivity contribution in [2.45, 2.75) is 12.6 Å². The molecule has 82 valence electrons. The lowest BCUT2D eigenvalue weighted by Gasteiger charge is -2.01. The number of primary amides is 1. The van der Waals surface area contributed by atoms with Crippen molar-refractivity contribution in [3.63, 3.8) is 0 Å². The van der Waals surface area contributed by atoms with Gasteiger partial charge >= 0.3 is 0 Å². The third-order valence-corrected chi connectivity index (χ3v) is 2.49. The second-order valence-corrected chi connectivity index (χ2v) is 3.66. The fourth-order valence-corrected chi connectivity index (χ4v) is 1.46. The number of nitrogens with one attached hydrogen (secondary N) is 1. The van der Waals surface area contributed by atoms with Crippen molar-refractivity contribution in [1.82, 2.24) is 9.88 Å². The van der Waals surface area contributed by atoms with E-state index in [1.807, 2.05) is 4.90 Å². The van der Waals surface area contributed by atoms with Gasteiger partial charge in [-0.05, 0) is 12.1 Å². The number of nitriles is 1. The van der Waals surface area contributed by atoms with Crippen molar-refractivity contribution < 1.29 is 4.79 Å². The van der Waals surface area contributed by atoms with Crippen LogP contribution in [0.25, 0.3) is 0 Å². The van der Waals surface area contributed by atoms with E-state index in [4.69, 9.17) is 11.0 Å². The molecule has 0 radical (unpaired) electrons. The van der Waals surface area contributed by atoms with Crippen LogP contribution in [-0.4, -0.2) is 28.4 Å². The van der Waals surface area contributed by atoms with E-state index in [0.717, 1.165) is 0 Å². The number of hydrogen-bond donors (Lipinski definition) is 2. The monoisotopic (exact) mass is 218 g/mol. The molecule has 0 aromatic carbocycles. The highest BCUT2D eigenvalue weighted by atomic mass is 16.1. The van der Waals surface area contributed by atoms with Crippen molar-refractivity contribution in [2.24, 2.45) is 5.73 Å². The quantitative estimate of drug-likeness (QED) is 0.647. The van der Waals surface area contributed by atoms with E-state index >= 15 is 0 Å². The number of pyridine rings is 1. The number of carbonyl (C=O) groups is 1. The molecule has 1 aliphatic rings. The minimum atomic E-state index is -0.662. The summed E-state index contributed by atoms with van der Waals surface area (Å²) < 4.78 is 0. The van der Waals surface area contributed by atoms with Crippen LogP contribution in [0.5, 0.6) is 0 Å². The SMILES string of the molecule is N#CC1CN1Cc1ccc(C(N)=O)[nH]c1=O. The van der Waals surface area contributed by atoms with E-state index in [1.165, 1.54) is 6.07 Å². The lowest BCUT2D eigenvalue weighted by molar-refractivity contribution is 0.0995. The number of carbonyl (C=O) groups excluding carboxylic acids is 1. The molecule has 0 spiro atoms. The Morgan fingerprint density at radius 2 is 2.44 bits per heavy atom. The molecule has 0 aliphatic carbocycles. The third-order valence-electron chi connectivity index (χ3n) is 2.49. The largest absolute Gasteiger partial charge is 0.364 e. The van der Waals surface area contributed by atoms with Crippen LogP contribution in [0.1, 0.15) is 16.1 Å². The third kappa shape index (κ3) is 1.94. The minimum absolute atomic E-state index is 0.0878. The summed E-state index contributed by atoms with van der Waals surface area (Å²) in [6.07, 6.45) is 0. The molecular weight excluding hydrogens is 208 g/mol. The van der Waals surface area contributed by atoms with Crippen molar-refractivity contribution in [2.75, 3.05) is 6.54 Å². The van der Waals surface area contributed by atoms with E-state index in [1.54, 1.807) is 6.07 Å². The zero-order valence-electron chi connectivity index (χ0n) is 8.43. The molecule has 3 N–H and O–H groups in total. The van der Waals surface area contributed by atoms with E-state index in [0.29, 0.717) is 18.7 Å². The predicted molar refractivity (Wildman–Crippen MR) is 55.4 cm³/mol. The molecule has 2 rings (SSSR count). The normalized spacial score (nSPS) is 22.4. The summed E-state index contributed by atoms with van der Waals surface area (Å²) in [5.74, 6) is -0.662. The van der Waals surface area contributed by atoms with E-state index in [2.05, 4.69) is 11.1 Å². The van der Waals surface area contributed by atoms with Crippen LogP contribution < -0.4 is 11.3 Å². The van der Waals surface area contributed by atoms with Crippen LogP contribution in [0.15, 0.2) is 16.9 Å². The number of H-pyrrole nitrogens is 1. The van der Waals surface area contributed by atoms with Gasteiger partial charge in [0.2, 0.25) is 0 Å². The molecule has 1 amide bonds. The van der Waals surface area contributed by atoms with Gasteiger partial charge in [0.15, 0.2) is 0 Å². The Bertz CT molecular complexity index is 528. The first-order chi connectivity index (χ1) is 7.61. The summed E-state index contributed by atoms with van der Waals surface area (Å²) in [5, 5.41) is 8.60. The Hall–Kier alpha value is -2.13. The zero-order valence-corrected chi connectivity index (χ0v) is 8.43. The fourth-order valence-electron chi connectivity index (χ4n) is 1.46. The summed E-state index contributed by atoms with van der Waals surface area (Å²) in [5.41, 5.74) is 5.32. The maximum Gasteiger partial charge on any atom is 0.265 e. The first-order valence-electron chi connectivity index (χ1n) is 4.77. The van der Waals surface area contributed by atoms with Crippen molar-refractivity contribution in [3.8, 4) is 6.07 Å². The van der Waals surface area contributed by atoms with Crippen LogP contribution in [0, 0.1) is 11.3 Å². The molecule has 0 bridgehead atoms. The van der Waals surface area contributed by atoms with Gasteiger partial charge in [-0.1, -0.05) is 0 Å². The van der Waals surface area contributed by atoms with Crippen LogP contribution in [0.4, 0.5) is 0 Å². The van der Waals surface area contributed by atoms with Crippen molar-refractivity contribution >= 4 is 5.91 Å². The highest BCUT2D eigenvalue weighted by molar-refractivity contribution is 5.90. The summed E-state index contributed by atoms with van der Waals surface area (Å²) in [6, 6.07) is 5.05. The van der Waals surface area contributed by atoms with Crippen molar-refractivity contribution in [3.05, 3.63) is 33.7 Å². The van der Waals surface area contributed by atoms with Gasteiger partial charge in [-0.25, -0.2) is 0 Å². The Kier molecular flexibility index (Phi) is 2.46. The van der Waals surface area contributed by atoms with Gasteiger partial charge in [-0.15, -0.1) is 0 Å². The lowest BCUT2D eigenvalue weighted by atomic mass is 10.2. The highest BCUT2D eigenvalue weighted by Gasteiger charge is 2.34. The van der Waals surface area contributed by atoms with E-state index < -0.39 is 5.91 Å². The van der Waals surface area contributed by atoms with Gasteiger partial charge in [0.25, 0.3) is 11.5 Å². The first-order valence-corrected chi connectivity index (χ1v) is 4.77. The average molecular weight is 218 g/mol. The highest BCUT2D eigenvalue weighted by Crippen LogP contribution is 2.18. The molecule has 6 nitrogen and oxygen atoms in total. The predicted octanol–water partition coefficient (Wildman–Crippen LogP) is -0.818. The molecular formula is C10H10N4O2. The number of rotatable bonds is 3. The van der Waals surface area contributed by atoms with Gasteiger partial charge in [0.05, 0.1) is 6.07 Å². The van der Waals surface area contributed by atoms with Crippen LogP contribution in [0.3, 0.4) is 0 Å². The number of nitrogens with zero attached hydrogens (tertiary/aromatic N) is 2. The number of hydrogen-bond acceptors (Lipinski definition) is 4. The standard InChI is InChI=1S/C10H10N4O2/c11-3-7-5-14(7)4-6-1-2-8(9(12)15)13-10(6)16/h1-2,7H,4-5H2,(H2,12,15)(H,13,16). The molecule has 2 atom stereocenters. The summed E-state index contributed by atoms with van der Waals surface area (Å²) in [7, 11) is 0. The molecule has 16 heavy (non-hydrogen) atoms. The topological polar surface area (TPSA) is 103 Å². The Balaban J connectivity index is 2.15. The van der Waals surface area contributed by atoms with Gasteiger partial charge < -0.3 is 10.7 Å². The number of aromatic amines is 1. The number of nitrogens with two attached hydrogens (primary N) is 1. The minimum Gasteiger partial charge on any atom is -0.364 e. The molecule has 0 saturated carbocycles. The van der Waals surface area contributed by atoms with Crippen LogP contribution in [0.2, 0.25) is 0 Å². The average Bonchev–Trinajstić information content (AvgIpc) is 2.99. The Morgan fingerprint density at radius 1 is 1.69 bits per heavy atom. The van der Waals surface area contributed by atoms with Gasteiger partial charge in [0.1, 0.15) is 11.7 Å². The fraction of sp³-hybridized carbons (Fsp3) is 0.300. The van der Waals surface area contributed by atoms with Gasteiger partial charge in [-0.2, -0.15) is 5.26 Å². The molecule has 1 aliphatic heterocycles. The first kappa shape index (κ1) is 10.4. The maximum absolute atomic E-state index is 11.5. The van der Waals surface area contributed by atoms with Gasteiger partial charge in [-0.3, -0.25) is 14.5 Å². The zero-order chi connectivity index (χ0) is 11.7. The second-order valence-electron chi connectivity index (χ2n) is 3.66. The molecule has 1 fully saturated rings. The molecule has 2 unspecified atom stereocenters. The Labute approximate surface area is 91.3 Å². The summed E-state index contributed by atoms with van der Waals surface area (Å²) in [6.45, 7) is 1.11. The summed E-state index contributed by atoms with van der Waals surface area (Å²) in [4.78, 5) is 26.6. The molecule has 1 aromatic rings. The van der Waals surface area contributed by atoms with Crippen LogP contribution in [-0.2, 0) is 6.54 Å². The lowest BCUT2D eigenvalue weighted by Crippen LogP contribution is -2.22. The van der Waals surface area contributed by atoms with Crippen molar-refractivity contribution in [1.29, 1.82) is 5.26 Å². The molecule has 2 heterocycles. The molecule has 6 heteroatoms.